The van der Waals surface area contributed by atoms with Gasteiger partial charge in [0, 0.05) is 12.2 Å². The molecule has 3 amide bonds. The molecule has 118 valence electrons. The molecule has 0 aliphatic rings. The van der Waals surface area contributed by atoms with Gasteiger partial charge in [-0.2, -0.15) is 5.26 Å². The number of rotatable bonds is 10. The Morgan fingerprint density at radius 2 is 1.67 bits per heavy atom. The number of carbonyl (C=O) groups is 2. The van der Waals surface area contributed by atoms with Crippen molar-refractivity contribution in [2.24, 2.45) is 5.73 Å². The minimum absolute atomic E-state index is 0.114. The van der Waals surface area contributed by atoms with Crippen LogP contribution < -0.4 is 16.4 Å². The Morgan fingerprint density at radius 1 is 1.10 bits per heavy atom. The van der Waals surface area contributed by atoms with Crippen molar-refractivity contribution < 1.29 is 9.59 Å². The highest BCUT2D eigenvalue weighted by Crippen LogP contribution is 2.07. The first-order valence-corrected chi connectivity index (χ1v) is 7.48. The lowest BCUT2D eigenvalue weighted by Gasteiger charge is -2.08. The lowest BCUT2D eigenvalue weighted by Crippen LogP contribution is -2.36. The molecule has 0 aromatic carbocycles. The summed E-state index contributed by atoms with van der Waals surface area (Å²) in [5.41, 5.74) is 5.20. The van der Waals surface area contributed by atoms with Crippen molar-refractivity contribution in [3.63, 3.8) is 0 Å². The second-order valence-corrected chi connectivity index (χ2v) is 4.98. The van der Waals surface area contributed by atoms with Gasteiger partial charge < -0.3 is 11.1 Å². The van der Waals surface area contributed by atoms with Crippen LogP contribution in [0.4, 0.5) is 4.79 Å². The largest absolute Gasteiger partial charge is 0.387 e. The van der Waals surface area contributed by atoms with E-state index in [1.54, 1.807) is 13.0 Å². The van der Waals surface area contributed by atoms with Gasteiger partial charge >= 0.3 is 6.03 Å². The number of hydrogen-bond donors (Lipinski definition) is 3. The van der Waals surface area contributed by atoms with Crippen molar-refractivity contribution >= 4 is 11.9 Å². The minimum Gasteiger partial charge on any atom is -0.387 e. The maximum atomic E-state index is 11.5. The fraction of sp³-hybridized carbons (Fsp3) is 0.667. The Morgan fingerprint density at radius 3 is 2.19 bits per heavy atom. The predicted molar refractivity (Wildman–Crippen MR) is 82.0 cm³/mol. The SMILES string of the molecule is CCCCCCCCCNC(C)=C(C#N)C(=O)NC(N)=O. The molecule has 0 atom stereocenters. The van der Waals surface area contributed by atoms with Crippen LogP contribution in [-0.2, 0) is 4.79 Å². The van der Waals surface area contributed by atoms with Crippen LogP contribution in [-0.4, -0.2) is 18.5 Å². The highest BCUT2D eigenvalue weighted by Gasteiger charge is 2.13. The van der Waals surface area contributed by atoms with Gasteiger partial charge in [-0.25, -0.2) is 4.79 Å². The number of allylic oxidation sites excluding steroid dienone is 1. The number of hydrogen-bond acceptors (Lipinski definition) is 4. The summed E-state index contributed by atoms with van der Waals surface area (Å²) in [6.45, 7) is 4.54. The minimum atomic E-state index is -0.965. The van der Waals surface area contributed by atoms with Gasteiger partial charge in [0.2, 0.25) is 0 Å². The lowest BCUT2D eigenvalue weighted by molar-refractivity contribution is -0.116. The number of carbonyl (C=O) groups excluding carboxylic acids is 2. The van der Waals surface area contributed by atoms with E-state index in [0.29, 0.717) is 12.2 Å². The molecule has 0 aliphatic heterocycles. The van der Waals surface area contributed by atoms with E-state index in [-0.39, 0.29) is 5.57 Å². The molecule has 4 N–H and O–H groups in total. The summed E-state index contributed by atoms with van der Waals surface area (Å²) in [5, 5.41) is 13.9. The zero-order chi connectivity index (χ0) is 16.1. The van der Waals surface area contributed by atoms with Crippen LogP contribution in [0.3, 0.4) is 0 Å². The molecule has 0 spiro atoms. The Hall–Kier alpha value is -2.03. The number of imide groups is 1. The Labute approximate surface area is 126 Å². The molecular formula is C15H26N4O2. The van der Waals surface area contributed by atoms with Crippen LogP contribution in [0, 0.1) is 11.3 Å². The van der Waals surface area contributed by atoms with E-state index < -0.39 is 11.9 Å². The van der Waals surface area contributed by atoms with Crippen molar-refractivity contribution in [1.29, 1.82) is 5.26 Å². The quantitative estimate of drug-likeness (QED) is 0.326. The maximum Gasteiger partial charge on any atom is 0.319 e. The van der Waals surface area contributed by atoms with Crippen LogP contribution in [0.15, 0.2) is 11.3 Å². The van der Waals surface area contributed by atoms with Gasteiger partial charge in [-0.3, -0.25) is 10.1 Å². The zero-order valence-electron chi connectivity index (χ0n) is 13.0. The molecule has 0 fully saturated rings. The molecule has 6 heteroatoms. The van der Waals surface area contributed by atoms with E-state index in [0.717, 1.165) is 12.8 Å². The van der Waals surface area contributed by atoms with Crippen molar-refractivity contribution in [3.8, 4) is 6.07 Å². The molecule has 0 radical (unpaired) electrons. The van der Waals surface area contributed by atoms with Gasteiger partial charge in [-0.1, -0.05) is 45.4 Å². The molecule has 0 saturated carbocycles. The number of amides is 3. The van der Waals surface area contributed by atoms with Crippen molar-refractivity contribution in [3.05, 3.63) is 11.3 Å². The average molecular weight is 294 g/mol. The first-order chi connectivity index (χ1) is 10.0. The zero-order valence-corrected chi connectivity index (χ0v) is 13.0. The molecular weight excluding hydrogens is 268 g/mol. The number of nitrogens with one attached hydrogen (secondary N) is 2. The summed E-state index contributed by atoms with van der Waals surface area (Å²) in [5.74, 6) is -0.769. The summed E-state index contributed by atoms with van der Waals surface area (Å²) in [4.78, 5) is 22.1. The summed E-state index contributed by atoms with van der Waals surface area (Å²) in [6, 6.07) is 0.814. The summed E-state index contributed by atoms with van der Waals surface area (Å²) >= 11 is 0. The third-order valence-electron chi connectivity index (χ3n) is 3.12. The summed E-state index contributed by atoms with van der Waals surface area (Å²) in [7, 11) is 0. The highest BCUT2D eigenvalue weighted by atomic mass is 16.2. The third kappa shape index (κ3) is 9.50. The van der Waals surface area contributed by atoms with Gasteiger partial charge in [0.05, 0.1) is 0 Å². The molecule has 0 saturated heterocycles. The van der Waals surface area contributed by atoms with Crippen molar-refractivity contribution in [1.82, 2.24) is 10.6 Å². The molecule has 0 aliphatic carbocycles. The molecule has 21 heavy (non-hydrogen) atoms. The monoisotopic (exact) mass is 294 g/mol. The van der Waals surface area contributed by atoms with E-state index in [1.165, 1.54) is 32.1 Å². The number of nitrogens with zero attached hydrogens (tertiary/aromatic N) is 1. The summed E-state index contributed by atoms with van der Waals surface area (Å²) in [6.07, 6.45) is 8.40. The van der Waals surface area contributed by atoms with Crippen LogP contribution in [0.5, 0.6) is 0 Å². The van der Waals surface area contributed by atoms with E-state index in [2.05, 4.69) is 12.2 Å². The third-order valence-corrected chi connectivity index (χ3v) is 3.12. The molecule has 0 aromatic heterocycles. The van der Waals surface area contributed by atoms with Gasteiger partial charge in [0.15, 0.2) is 0 Å². The second kappa shape index (κ2) is 11.8. The highest BCUT2D eigenvalue weighted by molar-refractivity contribution is 6.06. The van der Waals surface area contributed by atoms with Crippen LogP contribution in [0.1, 0.15) is 58.8 Å². The fourth-order valence-corrected chi connectivity index (χ4v) is 1.93. The number of primary amides is 1. The summed E-state index contributed by atoms with van der Waals surface area (Å²) < 4.78 is 0. The van der Waals surface area contributed by atoms with Gasteiger partial charge in [-0.05, 0) is 13.3 Å². The molecule has 0 unspecified atom stereocenters. The van der Waals surface area contributed by atoms with Crippen molar-refractivity contribution in [2.75, 3.05) is 6.54 Å². The normalized spacial score (nSPS) is 11.3. The van der Waals surface area contributed by atoms with Gasteiger partial charge in [0.25, 0.3) is 5.91 Å². The predicted octanol–water partition coefficient (Wildman–Crippen LogP) is 2.32. The Kier molecular flexibility index (Phi) is 10.6. The van der Waals surface area contributed by atoms with E-state index >= 15 is 0 Å². The Bertz CT molecular complexity index is 410. The topological polar surface area (TPSA) is 108 Å². The van der Waals surface area contributed by atoms with Crippen LogP contribution >= 0.6 is 0 Å². The number of unbranched alkanes of at least 4 members (excludes halogenated alkanes) is 6. The fourth-order valence-electron chi connectivity index (χ4n) is 1.93. The second-order valence-electron chi connectivity index (χ2n) is 4.98. The van der Waals surface area contributed by atoms with Crippen LogP contribution in [0.25, 0.3) is 0 Å². The van der Waals surface area contributed by atoms with E-state index in [1.807, 2.05) is 5.32 Å². The van der Waals surface area contributed by atoms with Gasteiger partial charge in [0.1, 0.15) is 11.6 Å². The van der Waals surface area contributed by atoms with Crippen LogP contribution in [0.2, 0.25) is 0 Å². The number of nitriles is 1. The maximum absolute atomic E-state index is 11.5. The number of nitrogens with two attached hydrogens (primary N) is 1. The molecule has 0 rings (SSSR count). The Balaban J connectivity index is 4.01. The van der Waals surface area contributed by atoms with E-state index in [9.17, 15) is 9.59 Å². The standard InChI is InChI=1S/C15H26N4O2/c1-3-4-5-6-7-8-9-10-18-12(2)13(11-16)14(20)19-15(17)21/h18H,3-10H2,1-2H3,(H3,17,19,20,21). The van der Waals surface area contributed by atoms with E-state index in [4.69, 9.17) is 11.0 Å². The van der Waals surface area contributed by atoms with Crippen molar-refractivity contribution in [2.45, 2.75) is 58.8 Å². The molecule has 6 nitrogen and oxygen atoms in total. The molecule has 0 heterocycles. The smallest absolute Gasteiger partial charge is 0.319 e. The number of urea groups is 1. The first kappa shape index (κ1) is 19.0. The first-order valence-electron chi connectivity index (χ1n) is 7.48. The van der Waals surface area contributed by atoms with Gasteiger partial charge in [-0.15, -0.1) is 0 Å². The molecule has 0 bridgehead atoms. The average Bonchev–Trinajstić information content (AvgIpc) is 2.41. The lowest BCUT2D eigenvalue weighted by atomic mass is 10.1. The molecule has 0 aromatic rings.